The molecule has 0 saturated carbocycles. The van der Waals surface area contributed by atoms with Crippen molar-refractivity contribution in [3.63, 3.8) is 0 Å². The zero-order chi connectivity index (χ0) is 20.9. The van der Waals surface area contributed by atoms with Gasteiger partial charge in [-0.25, -0.2) is 0 Å². The maximum absolute atomic E-state index is 2.32. The van der Waals surface area contributed by atoms with E-state index in [1.54, 1.807) is 0 Å². The summed E-state index contributed by atoms with van der Waals surface area (Å²) < 4.78 is 0. The predicted molar refractivity (Wildman–Crippen MR) is 132 cm³/mol. The molecule has 0 unspecified atom stereocenters. The predicted octanol–water partition coefficient (Wildman–Crippen LogP) is 8.11. The molecule has 0 atom stereocenters. The molecule has 4 aromatic carbocycles. The molecule has 0 spiro atoms. The van der Waals surface area contributed by atoms with Gasteiger partial charge in [0.2, 0.25) is 0 Å². The van der Waals surface area contributed by atoms with E-state index in [0.717, 1.165) is 0 Å². The van der Waals surface area contributed by atoms with Gasteiger partial charge in [0.25, 0.3) is 0 Å². The molecule has 1 heterocycles. The third-order valence-corrected chi connectivity index (χ3v) is 6.83. The molecule has 0 saturated heterocycles. The molecule has 5 rings (SSSR count). The molecule has 0 bridgehead atoms. The fraction of sp³-hybridized carbons (Fsp3) is 0.0667. The van der Waals surface area contributed by atoms with Gasteiger partial charge in [-0.15, -0.1) is 11.3 Å². The van der Waals surface area contributed by atoms with Gasteiger partial charge in [0, 0.05) is 16.7 Å². The van der Waals surface area contributed by atoms with Crippen LogP contribution in [0, 0.1) is 0 Å². The second-order valence-corrected chi connectivity index (χ2v) is 8.70. The number of hydrogen-bond acceptors (Lipinski definition) is 1. The molecule has 1 heteroatoms. The van der Waals surface area contributed by atoms with Crippen molar-refractivity contribution in [2.45, 2.75) is 11.8 Å². The van der Waals surface area contributed by atoms with Crippen molar-refractivity contribution in [3.8, 4) is 0 Å². The van der Waals surface area contributed by atoms with Crippen LogP contribution in [-0.2, 0) is 0 Å². The molecule has 150 valence electrons. The van der Waals surface area contributed by atoms with E-state index in [1.165, 1.54) is 32.7 Å². The molecular weight excluding hydrogens is 392 g/mol. The highest BCUT2D eigenvalue weighted by atomic mass is 32.1. The number of hydrogen-bond donors (Lipinski definition) is 0. The summed E-state index contributed by atoms with van der Waals surface area (Å²) in [6.07, 6.45) is 0. The summed E-state index contributed by atoms with van der Waals surface area (Å²) in [7, 11) is 0. The molecular formula is C30H24S. The standard InChI is InChI=1S/C30H24S/c1-5-13-23(14-6-1)28(24-15-7-2-8-16-24)27-21-22-31-30(27)29(25-17-9-3-10-18-25)26-19-11-4-12-20-26/h1-22,28-29H. The second kappa shape index (κ2) is 9.16. The molecule has 0 aliphatic carbocycles. The van der Waals surface area contributed by atoms with Gasteiger partial charge in [0.05, 0.1) is 0 Å². The quantitative estimate of drug-likeness (QED) is 0.262. The molecule has 0 nitrogen and oxygen atoms in total. The van der Waals surface area contributed by atoms with Gasteiger partial charge in [0.15, 0.2) is 0 Å². The highest BCUT2D eigenvalue weighted by molar-refractivity contribution is 7.10. The normalized spacial score (nSPS) is 11.2. The van der Waals surface area contributed by atoms with Gasteiger partial charge >= 0.3 is 0 Å². The van der Waals surface area contributed by atoms with Crippen molar-refractivity contribution in [3.05, 3.63) is 165 Å². The van der Waals surface area contributed by atoms with Gasteiger partial charge in [-0.3, -0.25) is 0 Å². The maximum Gasteiger partial charge on any atom is 0.0437 e. The summed E-state index contributed by atoms with van der Waals surface area (Å²) in [4.78, 5) is 1.41. The minimum Gasteiger partial charge on any atom is -0.148 e. The van der Waals surface area contributed by atoms with Crippen LogP contribution in [0.2, 0.25) is 0 Å². The Bertz CT molecular complexity index is 1030. The van der Waals surface area contributed by atoms with Crippen molar-refractivity contribution >= 4 is 11.3 Å². The topological polar surface area (TPSA) is 0 Å². The molecule has 0 N–H and O–H groups in total. The number of rotatable bonds is 6. The Hall–Kier alpha value is -3.42. The van der Waals surface area contributed by atoms with Gasteiger partial charge in [-0.05, 0) is 39.3 Å². The Kier molecular flexibility index (Phi) is 5.77. The van der Waals surface area contributed by atoms with Gasteiger partial charge < -0.3 is 0 Å². The zero-order valence-electron chi connectivity index (χ0n) is 17.3. The summed E-state index contributed by atoms with van der Waals surface area (Å²) in [5, 5.41) is 2.25. The van der Waals surface area contributed by atoms with E-state index < -0.39 is 0 Å². The average molecular weight is 417 g/mol. The van der Waals surface area contributed by atoms with Gasteiger partial charge in [-0.1, -0.05) is 121 Å². The summed E-state index contributed by atoms with van der Waals surface area (Å²) in [5.41, 5.74) is 6.70. The highest BCUT2D eigenvalue weighted by Gasteiger charge is 2.26. The first kappa shape index (κ1) is 19.5. The first-order valence-corrected chi connectivity index (χ1v) is 11.6. The smallest absolute Gasteiger partial charge is 0.0437 e. The van der Waals surface area contributed by atoms with Crippen LogP contribution in [0.25, 0.3) is 0 Å². The van der Waals surface area contributed by atoms with E-state index >= 15 is 0 Å². The largest absolute Gasteiger partial charge is 0.148 e. The van der Waals surface area contributed by atoms with E-state index in [4.69, 9.17) is 0 Å². The van der Waals surface area contributed by atoms with Gasteiger partial charge in [-0.2, -0.15) is 0 Å². The molecule has 0 aliphatic rings. The third kappa shape index (κ3) is 4.10. The molecule has 0 radical (unpaired) electrons. The molecule has 0 aliphatic heterocycles. The first-order valence-electron chi connectivity index (χ1n) is 10.7. The Morgan fingerprint density at radius 3 is 1.13 bits per heavy atom. The maximum atomic E-state index is 2.32. The van der Waals surface area contributed by atoms with Crippen LogP contribution >= 0.6 is 11.3 Å². The van der Waals surface area contributed by atoms with Crippen LogP contribution < -0.4 is 0 Å². The SMILES string of the molecule is c1ccc(C(c2ccccc2)c2ccsc2C(c2ccccc2)c2ccccc2)cc1. The van der Waals surface area contributed by atoms with Gasteiger partial charge in [0.1, 0.15) is 0 Å². The van der Waals surface area contributed by atoms with E-state index in [9.17, 15) is 0 Å². The fourth-order valence-corrected chi connectivity index (χ4v) is 5.52. The van der Waals surface area contributed by atoms with E-state index in [-0.39, 0.29) is 11.8 Å². The monoisotopic (exact) mass is 416 g/mol. The minimum absolute atomic E-state index is 0.207. The molecule has 0 fully saturated rings. The molecule has 1 aromatic heterocycles. The van der Waals surface area contributed by atoms with Crippen LogP contribution in [0.5, 0.6) is 0 Å². The lowest BCUT2D eigenvalue weighted by Gasteiger charge is -2.24. The highest BCUT2D eigenvalue weighted by Crippen LogP contribution is 2.43. The molecule has 5 aromatic rings. The lowest BCUT2D eigenvalue weighted by molar-refractivity contribution is 0.919. The lowest BCUT2D eigenvalue weighted by Crippen LogP contribution is -2.09. The number of thiophene rings is 1. The van der Waals surface area contributed by atoms with Crippen LogP contribution in [-0.4, -0.2) is 0 Å². The third-order valence-electron chi connectivity index (χ3n) is 5.83. The Labute approximate surface area is 188 Å². The molecule has 0 amide bonds. The van der Waals surface area contributed by atoms with E-state index in [1.807, 2.05) is 11.3 Å². The lowest BCUT2D eigenvalue weighted by atomic mass is 9.80. The van der Waals surface area contributed by atoms with Crippen LogP contribution in [0.15, 0.2) is 133 Å². The Morgan fingerprint density at radius 1 is 0.387 bits per heavy atom. The van der Waals surface area contributed by atoms with Crippen LogP contribution in [0.1, 0.15) is 44.5 Å². The van der Waals surface area contributed by atoms with Crippen molar-refractivity contribution in [2.24, 2.45) is 0 Å². The summed E-state index contributed by atoms with van der Waals surface area (Å²) in [6.45, 7) is 0. The first-order chi connectivity index (χ1) is 15.4. The summed E-state index contributed by atoms with van der Waals surface area (Å²) in [6, 6.07) is 45.8. The minimum atomic E-state index is 0.207. The Morgan fingerprint density at radius 2 is 0.742 bits per heavy atom. The van der Waals surface area contributed by atoms with Crippen molar-refractivity contribution in [1.82, 2.24) is 0 Å². The molecule has 31 heavy (non-hydrogen) atoms. The van der Waals surface area contributed by atoms with Crippen molar-refractivity contribution in [1.29, 1.82) is 0 Å². The second-order valence-electron chi connectivity index (χ2n) is 7.75. The fourth-order valence-electron chi connectivity index (χ4n) is 4.43. The Balaban J connectivity index is 1.71. The van der Waals surface area contributed by atoms with Crippen molar-refractivity contribution in [2.75, 3.05) is 0 Å². The van der Waals surface area contributed by atoms with Crippen LogP contribution in [0.4, 0.5) is 0 Å². The summed E-state index contributed by atoms with van der Waals surface area (Å²) >= 11 is 1.86. The van der Waals surface area contributed by atoms with Crippen molar-refractivity contribution < 1.29 is 0 Å². The van der Waals surface area contributed by atoms with Crippen LogP contribution in [0.3, 0.4) is 0 Å². The van der Waals surface area contributed by atoms with E-state index in [0.29, 0.717) is 0 Å². The number of benzene rings is 4. The average Bonchev–Trinajstić information content (AvgIpc) is 3.31. The summed E-state index contributed by atoms with van der Waals surface area (Å²) in [5.74, 6) is 0.422. The zero-order valence-corrected chi connectivity index (χ0v) is 18.1. The van der Waals surface area contributed by atoms with E-state index in [2.05, 4.69) is 133 Å².